The van der Waals surface area contributed by atoms with Gasteiger partial charge in [0.2, 0.25) is 0 Å². The second kappa shape index (κ2) is 9.03. The molecule has 160 valence electrons. The molecular formula is C27H25ClN4. The minimum Gasteiger partial charge on any atom is -0.342 e. The first-order valence-corrected chi connectivity index (χ1v) is 11.2. The van der Waals surface area contributed by atoms with E-state index in [4.69, 9.17) is 11.6 Å². The zero-order chi connectivity index (χ0) is 21.9. The minimum atomic E-state index is 0.718. The highest BCUT2D eigenvalue weighted by Gasteiger charge is 2.19. The molecule has 0 amide bonds. The molecule has 0 radical (unpaired) electrons. The molecule has 0 aliphatic carbocycles. The molecule has 2 heterocycles. The number of benzene rings is 3. The predicted molar refractivity (Wildman–Crippen MR) is 134 cm³/mol. The summed E-state index contributed by atoms with van der Waals surface area (Å²) in [5.74, 6) is 0.742. The van der Waals surface area contributed by atoms with Gasteiger partial charge in [-0.05, 0) is 65.6 Å². The Labute approximate surface area is 193 Å². The maximum atomic E-state index is 5.98. The molecule has 0 unspecified atom stereocenters. The Morgan fingerprint density at radius 3 is 2.69 bits per heavy atom. The lowest BCUT2D eigenvalue weighted by Gasteiger charge is -2.30. The highest BCUT2D eigenvalue weighted by atomic mass is 35.5. The van der Waals surface area contributed by atoms with E-state index in [9.17, 15) is 0 Å². The Kier molecular flexibility index (Phi) is 5.80. The van der Waals surface area contributed by atoms with Crippen molar-refractivity contribution < 1.29 is 0 Å². The van der Waals surface area contributed by atoms with Crippen molar-refractivity contribution in [3.8, 4) is 0 Å². The number of nitrogens with one attached hydrogen (secondary N) is 2. The SMILES string of the molecule is C=C(Nc1ccc(Cl)cc1)Nc1cccc2c1CCN(Cc1ccnc3ccccc13)C2. The summed E-state index contributed by atoms with van der Waals surface area (Å²) >= 11 is 5.98. The molecule has 3 aromatic carbocycles. The van der Waals surface area contributed by atoms with Gasteiger partial charge in [0.05, 0.1) is 5.52 Å². The van der Waals surface area contributed by atoms with Crippen LogP contribution in [0.1, 0.15) is 16.7 Å². The van der Waals surface area contributed by atoms with E-state index < -0.39 is 0 Å². The summed E-state index contributed by atoms with van der Waals surface area (Å²) in [6.07, 6.45) is 2.91. The van der Waals surface area contributed by atoms with E-state index in [-0.39, 0.29) is 0 Å². The number of halogens is 1. The van der Waals surface area contributed by atoms with Crippen molar-refractivity contribution in [3.05, 3.63) is 113 Å². The molecule has 5 heteroatoms. The van der Waals surface area contributed by atoms with Crippen LogP contribution in [0.15, 0.2) is 91.4 Å². The zero-order valence-electron chi connectivity index (χ0n) is 17.8. The third-order valence-electron chi connectivity index (χ3n) is 5.90. The van der Waals surface area contributed by atoms with Gasteiger partial charge in [0, 0.05) is 47.6 Å². The van der Waals surface area contributed by atoms with Crippen molar-refractivity contribution in [1.82, 2.24) is 9.88 Å². The van der Waals surface area contributed by atoms with Gasteiger partial charge in [0.15, 0.2) is 0 Å². The van der Waals surface area contributed by atoms with E-state index in [0.29, 0.717) is 0 Å². The van der Waals surface area contributed by atoms with Gasteiger partial charge in [-0.3, -0.25) is 9.88 Å². The lowest BCUT2D eigenvalue weighted by molar-refractivity contribution is 0.246. The average molecular weight is 441 g/mol. The summed E-state index contributed by atoms with van der Waals surface area (Å²) in [7, 11) is 0. The fourth-order valence-electron chi connectivity index (χ4n) is 4.36. The van der Waals surface area contributed by atoms with E-state index in [0.717, 1.165) is 53.8 Å². The summed E-state index contributed by atoms with van der Waals surface area (Å²) in [6, 6.07) is 24.6. The van der Waals surface area contributed by atoms with Crippen LogP contribution in [0.3, 0.4) is 0 Å². The van der Waals surface area contributed by atoms with Gasteiger partial charge in [-0.15, -0.1) is 0 Å². The maximum Gasteiger partial charge on any atom is 0.100 e. The van der Waals surface area contributed by atoms with Gasteiger partial charge in [0.25, 0.3) is 0 Å². The van der Waals surface area contributed by atoms with Crippen LogP contribution in [-0.4, -0.2) is 16.4 Å². The third kappa shape index (κ3) is 4.47. The molecule has 4 nitrogen and oxygen atoms in total. The second-order valence-corrected chi connectivity index (χ2v) is 8.56. The summed E-state index contributed by atoms with van der Waals surface area (Å²) in [4.78, 5) is 7.01. The van der Waals surface area contributed by atoms with Crippen molar-refractivity contribution >= 4 is 33.9 Å². The van der Waals surface area contributed by atoms with Gasteiger partial charge in [-0.25, -0.2) is 0 Å². The van der Waals surface area contributed by atoms with Crippen LogP contribution in [0.5, 0.6) is 0 Å². The average Bonchev–Trinajstić information content (AvgIpc) is 2.81. The van der Waals surface area contributed by atoms with E-state index in [2.05, 4.69) is 69.6 Å². The summed E-state index contributed by atoms with van der Waals surface area (Å²) in [5, 5.41) is 8.71. The minimum absolute atomic E-state index is 0.718. The van der Waals surface area contributed by atoms with Gasteiger partial charge in [0.1, 0.15) is 5.82 Å². The Hall–Kier alpha value is -3.34. The van der Waals surface area contributed by atoms with Crippen molar-refractivity contribution in [3.63, 3.8) is 0 Å². The predicted octanol–water partition coefficient (Wildman–Crippen LogP) is 6.44. The normalized spacial score (nSPS) is 13.5. The molecule has 0 fully saturated rings. The maximum absolute atomic E-state index is 5.98. The molecule has 0 spiro atoms. The highest BCUT2D eigenvalue weighted by Crippen LogP contribution is 2.29. The Morgan fingerprint density at radius 1 is 0.969 bits per heavy atom. The number of hydrogen-bond donors (Lipinski definition) is 2. The summed E-state index contributed by atoms with van der Waals surface area (Å²) < 4.78 is 0. The lowest BCUT2D eigenvalue weighted by Crippen LogP contribution is -2.30. The van der Waals surface area contributed by atoms with Gasteiger partial charge in [-0.1, -0.05) is 48.5 Å². The fourth-order valence-corrected chi connectivity index (χ4v) is 4.48. The van der Waals surface area contributed by atoms with Crippen LogP contribution in [0, 0.1) is 0 Å². The van der Waals surface area contributed by atoms with E-state index in [1.165, 1.54) is 22.1 Å². The van der Waals surface area contributed by atoms with E-state index in [1.807, 2.05) is 36.5 Å². The van der Waals surface area contributed by atoms with Crippen LogP contribution < -0.4 is 10.6 Å². The molecule has 2 N–H and O–H groups in total. The molecule has 1 aliphatic heterocycles. The number of fused-ring (bicyclic) bond motifs is 2. The molecule has 0 saturated heterocycles. The van der Waals surface area contributed by atoms with E-state index >= 15 is 0 Å². The summed E-state index contributed by atoms with van der Waals surface area (Å²) in [5.41, 5.74) is 7.17. The number of aromatic nitrogens is 1. The van der Waals surface area contributed by atoms with Crippen molar-refractivity contribution in [2.75, 3.05) is 17.2 Å². The zero-order valence-corrected chi connectivity index (χ0v) is 18.6. The van der Waals surface area contributed by atoms with Crippen molar-refractivity contribution in [2.24, 2.45) is 0 Å². The first-order chi connectivity index (χ1) is 15.7. The number of nitrogens with zero attached hydrogens (tertiary/aromatic N) is 2. The molecule has 1 aromatic heterocycles. The summed E-state index contributed by atoms with van der Waals surface area (Å²) in [6.45, 7) is 7.01. The second-order valence-electron chi connectivity index (χ2n) is 8.13. The number of hydrogen-bond acceptors (Lipinski definition) is 4. The molecule has 4 aromatic rings. The molecule has 0 saturated carbocycles. The smallest absolute Gasteiger partial charge is 0.100 e. The quantitative estimate of drug-likeness (QED) is 0.362. The van der Waals surface area contributed by atoms with Crippen molar-refractivity contribution in [1.29, 1.82) is 0 Å². The first-order valence-electron chi connectivity index (χ1n) is 10.8. The van der Waals surface area contributed by atoms with Crippen LogP contribution in [-0.2, 0) is 19.5 Å². The highest BCUT2D eigenvalue weighted by molar-refractivity contribution is 6.30. The molecular weight excluding hydrogens is 416 g/mol. The Bertz CT molecular complexity index is 1260. The van der Waals surface area contributed by atoms with Crippen LogP contribution in [0.25, 0.3) is 10.9 Å². The van der Waals surface area contributed by atoms with Crippen LogP contribution in [0.2, 0.25) is 5.02 Å². The van der Waals surface area contributed by atoms with Crippen molar-refractivity contribution in [2.45, 2.75) is 19.5 Å². The van der Waals surface area contributed by atoms with Crippen LogP contribution >= 0.6 is 11.6 Å². The Morgan fingerprint density at radius 2 is 1.81 bits per heavy atom. The third-order valence-corrected chi connectivity index (χ3v) is 6.16. The molecule has 1 aliphatic rings. The number of para-hydroxylation sites is 1. The van der Waals surface area contributed by atoms with E-state index in [1.54, 1.807) is 0 Å². The molecule has 5 rings (SSSR count). The topological polar surface area (TPSA) is 40.2 Å². The number of rotatable bonds is 6. The first kappa shape index (κ1) is 20.6. The molecule has 0 atom stereocenters. The number of pyridine rings is 1. The largest absolute Gasteiger partial charge is 0.342 e. The molecule has 0 bridgehead atoms. The van der Waals surface area contributed by atoms with Gasteiger partial charge < -0.3 is 10.6 Å². The fraction of sp³-hybridized carbons (Fsp3) is 0.148. The number of anilines is 2. The monoisotopic (exact) mass is 440 g/mol. The lowest BCUT2D eigenvalue weighted by atomic mass is 9.97. The Balaban J connectivity index is 1.29. The van der Waals surface area contributed by atoms with Gasteiger partial charge in [-0.2, -0.15) is 0 Å². The van der Waals surface area contributed by atoms with Gasteiger partial charge >= 0.3 is 0 Å². The standard InChI is InChI=1S/C27H25ClN4/c1-19(30-23-11-9-22(28)10-12-23)31-27-8-4-5-20-17-32(16-14-25(20)27)18-21-13-15-29-26-7-3-2-6-24(21)26/h2-13,15,30-31H,1,14,16-18H2. The van der Waals surface area contributed by atoms with Crippen LogP contribution in [0.4, 0.5) is 11.4 Å². The molecule has 32 heavy (non-hydrogen) atoms.